The zero-order chi connectivity index (χ0) is 17.9. The van der Waals surface area contributed by atoms with Crippen LogP contribution in [0.25, 0.3) is 0 Å². The van der Waals surface area contributed by atoms with Crippen molar-refractivity contribution >= 4 is 57.5 Å². The number of halogens is 1. The highest BCUT2D eigenvalue weighted by atomic mass is 127. The summed E-state index contributed by atoms with van der Waals surface area (Å²) in [4.78, 5) is 23.5. The maximum atomic E-state index is 12.2. The highest BCUT2D eigenvalue weighted by Crippen LogP contribution is 2.19. The van der Waals surface area contributed by atoms with E-state index in [0.717, 1.165) is 14.7 Å². The molecule has 0 unspecified atom stereocenters. The van der Waals surface area contributed by atoms with E-state index in [1.165, 1.54) is 6.07 Å². The summed E-state index contributed by atoms with van der Waals surface area (Å²) in [6, 6.07) is 10.2. The van der Waals surface area contributed by atoms with Gasteiger partial charge in [0.25, 0.3) is 5.91 Å². The number of thiocarbonyl (C=S) groups is 1. The van der Waals surface area contributed by atoms with Gasteiger partial charge in [-0.3, -0.25) is 10.1 Å². The molecule has 1 amide bonds. The van der Waals surface area contributed by atoms with Crippen LogP contribution in [-0.4, -0.2) is 22.1 Å². The van der Waals surface area contributed by atoms with Gasteiger partial charge in [0.15, 0.2) is 5.11 Å². The van der Waals surface area contributed by atoms with E-state index in [1.807, 2.05) is 42.5 Å². The van der Waals surface area contributed by atoms with E-state index >= 15 is 0 Å². The van der Waals surface area contributed by atoms with Crippen LogP contribution in [0.2, 0.25) is 0 Å². The number of nitrogens with one attached hydrogen (secondary N) is 2. The number of rotatable bonds is 3. The fourth-order valence-electron chi connectivity index (χ4n) is 2.01. The Morgan fingerprint density at radius 3 is 2.42 bits per heavy atom. The number of anilines is 1. The smallest absolute Gasteiger partial charge is 0.337 e. The summed E-state index contributed by atoms with van der Waals surface area (Å²) in [6.45, 7) is 3.89. The minimum atomic E-state index is -1.07. The van der Waals surface area contributed by atoms with Crippen molar-refractivity contribution in [2.45, 2.75) is 13.8 Å². The van der Waals surface area contributed by atoms with Crippen LogP contribution in [0.1, 0.15) is 31.8 Å². The van der Waals surface area contributed by atoms with E-state index in [0.29, 0.717) is 11.3 Å². The van der Waals surface area contributed by atoms with Gasteiger partial charge in [-0.25, -0.2) is 4.79 Å². The molecule has 7 heteroatoms. The topological polar surface area (TPSA) is 78.4 Å². The van der Waals surface area contributed by atoms with Gasteiger partial charge in [-0.2, -0.15) is 0 Å². The summed E-state index contributed by atoms with van der Waals surface area (Å²) in [5, 5.41) is 14.6. The second-order valence-corrected chi connectivity index (χ2v) is 6.86. The van der Waals surface area contributed by atoms with Gasteiger partial charge < -0.3 is 10.4 Å². The number of carbonyl (C=O) groups is 2. The van der Waals surface area contributed by atoms with Crippen molar-refractivity contribution in [3.63, 3.8) is 0 Å². The molecule has 0 spiro atoms. The molecule has 0 heterocycles. The lowest BCUT2D eigenvalue weighted by molar-refractivity contribution is 0.0697. The number of amides is 1. The van der Waals surface area contributed by atoms with Gasteiger partial charge >= 0.3 is 5.97 Å². The standard InChI is InChI=1S/C17H15IN2O3S/c1-9-3-4-11(7-10(9)2)15(21)20-17(24)19-14-6-5-12(18)8-13(14)16(22)23/h3-8H,1-2H3,(H,22,23)(H2,19,20,21,24). The van der Waals surface area contributed by atoms with Gasteiger partial charge in [0, 0.05) is 9.13 Å². The first-order chi connectivity index (χ1) is 11.3. The van der Waals surface area contributed by atoms with E-state index < -0.39 is 5.97 Å². The summed E-state index contributed by atoms with van der Waals surface area (Å²) in [7, 11) is 0. The van der Waals surface area contributed by atoms with Gasteiger partial charge in [-0.1, -0.05) is 6.07 Å². The molecule has 124 valence electrons. The lowest BCUT2D eigenvalue weighted by Crippen LogP contribution is -2.34. The van der Waals surface area contributed by atoms with Crippen molar-refractivity contribution in [2.75, 3.05) is 5.32 Å². The van der Waals surface area contributed by atoms with Crippen LogP contribution in [0.3, 0.4) is 0 Å². The molecule has 0 aliphatic heterocycles. The van der Waals surface area contributed by atoms with Gasteiger partial charge in [-0.15, -0.1) is 0 Å². The third-order valence-corrected chi connectivity index (χ3v) is 4.33. The molecule has 0 saturated carbocycles. The fraction of sp³-hybridized carbons (Fsp3) is 0.118. The highest BCUT2D eigenvalue weighted by Gasteiger charge is 2.14. The van der Waals surface area contributed by atoms with Crippen molar-refractivity contribution in [2.24, 2.45) is 0 Å². The average Bonchev–Trinajstić information content (AvgIpc) is 2.51. The summed E-state index contributed by atoms with van der Waals surface area (Å²) < 4.78 is 0.792. The normalized spacial score (nSPS) is 10.1. The first kappa shape index (κ1) is 18.3. The first-order valence-corrected chi connectivity index (χ1v) is 8.49. The number of carboxylic acids is 1. The quantitative estimate of drug-likeness (QED) is 0.487. The third-order valence-electron chi connectivity index (χ3n) is 3.46. The van der Waals surface area contributed by atoms with E-state index in [4.69, 9.17) is 12.2 Å². The monoisotopic (exact) mass is 454 g/mol. The van der Waals surface area contributed by atoms with Gasteiger partial charge in [0.05, 0.1) is 11.3 Å². The second kappa shape index (κ2) is 7.71. The van der Waals surface area contributed by atoms with Crippen molar-refractivity contribution in [3.8, 4) is 0 Å². The summed E-state index contributed by atoms with van der Waals surface area (Å²) in [6.07, 6.45) is 0. The molecule has 3 N–H and O–H groups in total. The Kier molecular flexibility index (Phi) is 5.89. The molecule has 2 rings (SSSR count). The zero-order valence-electron chi connectivity index (χ0n) is 13.0. The van der Waals surface area contributed by atoms with Crippen LogP contribution < -0.4 is 10.6 Å². The summed E-state index contributed by atoms with van der Waals surface area (Å²) >= 11 is 7.14. The lowest BCUT2D eigenvalue weighted by atomic mass is 10.1. The van der Waals surface area contributed by atoms with Crippen LogP contribution >= 0.6 is 34.8 Å². The number of carbonyl (C=O) groups excluding carboxylic acids is 1. The fourth-order valence-corrected chi connectivity index (χ4v) is 2.71. The van der Waals surface area contributed by atoms with Crippen LogP contribution in [0.5, 0.6) is 0 Å². The molecule has 0 atom stereocenters. The maximum Gasteiger partial charge on any atom is 0.337 e. The van der Waals surface area contributed by atoms with E-state index in [-0.39, 0.29) is 16.6 Å². The molecular weight excluding hydrogens is 439 g/mol. The van der Waals surface area contributed by atoms with E-state index in [9.17, 15) is 14.7 Å². The Bertz CT molecular complexity index is 837. The van der Waals surface area contributed by atoms with Crippen LogP contribution in [0.4, 0.5) is 5.69 Å². The number of hydrogen-bond donors (Lipinski definition) is 3. The van der Waals surface area contributed by atoms with Crippen LogP contribution in [0, 0.1) is 17.4 Å². The molecule has 0 fully saturated rings. The Hall–Kier alpha value is -2.00. The summed E-state index contributed by atoms with van der Waals surface area (Å²) in [5.74, 6) is -1.42. The van der Waals surface area contributed by atoms with Crippen molar-refractivity contribution in [1.82, 2.24) is 5.32 Å². The van der Waals surface area contributed by atoms with Crippen molar-refractivity contribution < 1.29 is 14.7 Å². The molecule has 0 aromatic heterocycles. The molecule has 0 aliphatic carbocycles. The third kappa shape index (κ3) is 4.51. The molecule has 0 bridgehead atoms. The largest absolute Gasteiger partial charge is 0.478 e. The second-order valence-electron chi connectivity index (χ2n) is 5.20. The number of benzene rings is 2. The molecule has 0 saturated heterocycles. The predicted octanol–water partition coefficient (Wildman–Crippen LogP) is 3.73. The number of hydrogen-bond acceptors (Lipinski definition) is 3. The highest BCUT2D eigenvalue weighted by molar-refractivity contribution is 14.1. The number of aromatic carboxylic acids is 1. The maximum absolute atomic E-state index is 12.2. The Balaban J connectivity index is 2.12. The van der Waals surface area contributed by atoms with Crippen LogP contribution in [0.15, 0.2) is 36.4 Å². The first-order valence-electron chi connectivity index (χ1n) is 7.00. The van der Waals surface area contributed by atoms with Gasteiger partial charge in [-0.05, 0) is 90.1 Å². The SMILES string of the molecule is Cc1ccc(C(=O)NC(=S)Nc2ccc(I)cc2C(=O)O)cc1C. The molecule has 2 aromatic carbocycles. The number of aryl methyl sites for hydroxylation is 2. The minimum absolute atomic E-state index is 0.0435. The summed E-state index contributed by atoms with van der Waals surface area (Å²) in [5.41, 5.74) is 3.01. The minimum Gasteiger partial charge on any atom is -0.478 e. The Morgan fingerprint density at radius 2 is 1.79 bits per heavy atom. The van der Waals surface area contributed by atoms with Crippen LogP contribution in [-0.2, 0) is 0 Å². The molecule has 0 aliphatic rings. The predicted molar refractivity (Wildman–Crippen MR) is 106 cm³/mol. The molecular formula is C17H15IN2O3S. The number of carboxylic acid groups (broad SMARTS) is 1. The van der Waals surface area contributed by atoms with Gasteiger partial charge in [0.2, 0.25) is 0 Å². The molecule has 2 aromatic rings. The average molecular weight is 454 g/mol. The van der Waals surface area contributed by atoms with Gasteiger partial charge in [0.1, 0.15) is 0 Å². The molecule has 24 heavy (non-hydrogen) atoms. The molecule has 5 nitrogen and oxygen atoms in total. The Labute approximate surface area is 158 Å². The molecule has 0 radical (unpaired) electrons. The lowest BCUT2D eigenvalue weighted by Gasteiger charge is -2.12. The van der Waals surface area contributed by atoms with E-state index in [1.54, 1.807) is 24.3 Å². The zero-order valence-corrected chi connectivity index (χ0v) is 16.0. The van der Waals surface area contributed by atoms with Crippen molar-refractivity contribution in [3.05, 3.63) is 62.2 Å². The Morgan fingerprint density at radius 1 is 1.08 bits per heavy atom. The van der Waals surface area contributed by atoms with Crippen molar-refractivity contribution in [1.29, 1.82) is 0 Å². The van der Waals surface area contributed by atoms with E-state index in [2.05, 4.69) is 10.6 Å².